The molecule has 3 fully saturated rings. The molecule has 3 atom stereocenters. The van der Waals surface area contributed by atoms with Gasteiger partial charge in [-0.2, -0.15) is 0 Å². The summed E-state index contributed by atoms with van der Waals surface area (Å²) in [7, 11) is 0. The molecule has 1 saturated carbocycles. The van der Waals surface area contributed by atoms with Crippen molar-refractivity contribution in [1.82, 2.24) is 5.32 Å². The van der Waals surface area contributed by atoms with Crippen molar-refractivity contribution in [2.75, 3.05) is 36.5 Å². The first-order valence-corrected chi connectivity index (χ1v) is 10.7. The Morgan fingerprint density at radius 2 is 1.79 bits per heavy atom. The van der Waals surface area contributed by atoms with Gasteiger partial charge in [0.2, 0.25) is 11.8 Å². The van der Waals surface area contributed by atoms with Crippen molar-refractivity contribution in [3.05, 3.63) is 24.3 Å². The highest BCUT2D eigenvalue weighted by atomic mass is 16.5. The molecule has 0 bridgehead atoms. The maximum absolute atomic E-state index is 12.4. The van der Waals surface area contributed by atoms with Crippen molar-refractivity contribution in [1.29, 1.82) is 0 Å². The molecule has 1 aliphatic carbocycles. The van der Waals surface area contributed by atoms with Gasteiger partial charge in [0.1, 0.15) is 0 Å². The number of ether oxygens (including phenoxy) is 1. The van der Waals surface area contributed by atoms with Crippen LogP contribution in [-0.2, 0) is 14.3 Å². The molecule has 3 aliphatic rings. The van der Waals surface area contributed by atoms with E-state index in [0.29, 0.717) is 13.0 Å². The van der Waals surface area contributed by atoms with E-state index >= 15 is 0 Å². The van der Waals surface area contributed by atoms with Gasteiger partial charge in [-0.15, -0.1) is 0 Å². The highest BCUT2D eigenvalue weighted by Gasteiger charge is 2.48. The molecule has 6 nitrogen and oxygen atoms in total. The third-order valence-electron chi connectivity index (χ3n) is 6.28. The Morgan fingerprint density at radius 3 is 2.46 bits per heavy atom. The van der Waals surface area contributed by atoms with E-state index in [2.05, 4.69) is 34.6 Å². The lowest BCUT2D eigenvalue weighted by molar-refractivity contribution is -0.125. The van der Waals surface area contributed by atoms with Gasteiger partial charge in [0.25, 0.3) is 0 Å². The van der Waals surface area contributed by atoms with Gasteiger partial charge in [-0.3, -0.25) is 9.59 Å². The van der Waals surface area contributed by atoms with Crippen molar-refractivity contribution in [2.45, 2.75) is 45.1 Å². The zero-order chi connectivity index (χ0) is 19.5. The Morgan fingerprint density at radius 1 is 1.07 bits per heavy atom. The fourth-order valence-corrected chi connectivity index (χ4v) is 4.18. The first-order chi connectivity index (χ1) is 13.6. The SMILES string of the molecule is CC1CCN(c2ccc(NC(=O)C3CC3C(=O)NCC3CCCO3)cc2)CC1. The Kier molecular flexibility index (Phi) is 5.85. The standard InChI is InChI=1S/C22H31N3O3/c1-15-8-10-25(11-9-15)17-6-4-16(5-7-17)24-22(27)20-13-19(20)21(26)23-14-18-3-2-12-28-18/h4-7,15,18-20H,2-3,8-14H2,1H3,(H,23,26)(H,24,27). The lowest BCUT2D eigenvalue weighted by atomic mass is 9.99. The summed E-state index contributed by atoms with van der Waals surface area (Å²) in [6.07, 6.45) is 5.29. The molecular formula is C22H31N3O3. The molecule has 2 aliphatic heterocycles. The van der Waals surface area contributed by atoms with E-state index in [1.165, 1.54) is 18.5 Å². The van der Waals surface area contributed by atoms with Gasteiger partial charge in [-0.05, 0) is 62.3 Å². The van der Waals surface area contributed by atoms with Crippen molar-refractivity contribution in [2.24, 2.45) is 17.8 Å². The second-order valence-corrected chi connectivity index (χ2v) is 8.53. The molecule has 2 N–H and O–H groups in total. The Labute approximate surface area is 167 Å². The lowest BCUT2D eigenvalue weighted by Gasteiger charge is -2.32. The van der Waals surface area contributed by atoms with Crippen LogP contribution in [0.15, 0.2) is 24.3 Å². The summed E-state index contributed by atoms with van der Waals surface area (Å²) >= 11 is 0. The van der Waals surface area contributed by atoms with Gasteiger partial charge in [-0.25, -0.2) is 0 Å². The minimum Gasteiger partial charge on any atom is -0.376 e. The molecule has 2 saturated heterocycles. The van der Waals surface area contributed by atoms with E-state index in [4.69, 9.17) is 4.74 Å². The van der Waals surface area contributed by atoms with E-state index < -0.39 is 0 Å². The maximum Gasteiger partial charge on any atom is 0.228 e. The summed E-state index contributed by atoms with van der Waals surface area (Å²) in [5, 5.41) is 5.89. The van der Waals surface area contributed by atoms with E-state index in [-0.39, 0.29) is 29.8 Å². The molecule has 2 heterocycles. The number of rotatable bonds is 6. The quantitative estimate of drug-likeness (QED) is 0.790. The molecule has 152 valence electrons. The van der Waals surface area contributed by atoms with Gasteiger partial charge >= 0.3 is 0 Å². The Hall–Kier alpha value is -2.08. The Bertz CT molecular complexity index is 691. The normalized spacial score (nSPS) is 27.5. The van der Waals surface area contributed by atoms with Crippen LogP contribution in [-0.4, -0.2) is 44.2 Å². The van der Waals surface area contributed by atoms with E-state index in [1.807, 2.05) is 12.1 Å². The largest absolute Gasteiger partial charge is 0.376 e. The molecule has 28 heavy (non-hydrogen) atoms. The topological polar surface area (TPSA) is 70.7 Å². The summed E-state index contributed by atoms with van der Waals surface area (Å²) in [5.74, 6) is 0.315. The number of piperidine rings is 1. The molecule has 3 unspecified atom stereocenters. The number of amides is 2. The van der Waals surface area contributed by atoms with Gasteiger partial charge in [0.05, 0.1) is 17.9 Å². The summed E-state index contributed by atoms with van der Waals surface area (Å²) in [6.45, 7) is 5.84. The summed E-state index contributed by atoms with van der Waals surface area (Å²) in [6, 6.07) is 8.06. The third kappa shape index (κ3) is 4.66. The van der Waals surface area contributed by atoms with E-state index in [9.17, 15) is 9.59 Å². The predicted molar refractivity (Wildman–Crippen MR) is 109 cm³/mol. The smallest absolute Gasteiger partial charge is 0.228 e. The molecule has 4 rings (SSSR count). The van der Waals surface area contributed by atoms with Crippen LogP contribution in [0.25, 0.3) is 0 Å². The van der Waals surface area contributed by atoms with Gasteiger partial charge in [0, 0.05) is 37.6 Å². The van der Waals surface area contributed by atoms with Crippen LogP contribution in [0.3, 0.4) is 0 Å². The van der Waals surface area contributed by atoms with Gasteiger partial charge < -0.3 is 20.3 Å². The number of nitrogens with zero attached hydrogens (tertiary/aromatic N) is 1. The molecule has 1 aromatic rings. The van der Waals surface area contributed by atoms with Crippen molar-refractivity contribution < 1.29 is 14.3 Å². The highest BCUT2D eigenvalue weighted by molar-refractivity contribution is 5.99. The van der Waals surface area contributed by atoms with Crippen LogP contribution in [0.5, 0.6) is 0 Å². The van der Waals surface area contributed by atoms with Crippen molar-refractivity contribution in [3.63, 3.8) is 0 Å². The number of carbonyl (C=O) groups excluding carboxylic acids is 2. The number of nitrogens with one attached hydrogen (secondary N) is 2. The molecule has 0 aromatic heterocycles. The number of anilines is 2. The van der Waals surface area contributed by atoms with Gasteiger partial charge in [-0.1, -0.05) is 6.92 Å². The van der Waals surface area contributed by atoms with Crippen LogP contribution >= 0.6 is 0 Å². The fraction of sp³-hybridized carbons (Fsp3) is 0.636. The molecule has 0 radical (unpaired) electrons. The summed E-state index contributed by atoms with van der Waals surface area (Å²) < 4.78 is 5.52. The molecular weight excluding hydrogens is 354 g/mol. The molecule has 1 aromatic carbocycles. The minimum absolute atomic E-state index is 0.0228. The number of benzene rings is 1. The molecule has 0 spiro atoms. The molecule has 6 heteroatoms. The highest BCUT2D eigenvalue weighted by Crippen LogP contribution is 2.39. The van der Waals surface area contributed by atoms with Gasteiger partial charge in [0.15, 0.2) is 0 Å². The number of hydrogen-bond donors (Lipinski definition) is 2. The second kappa shape index (κ2) is 8.52. The monoisotopic (exact) mass is 385 g/mol. The van der Waals surface area contributed by atoms with Crippen LogP contribution < -0.4 is 15.5 Å². The first-order valence-electron chi connectivity index (χ1n) is 10.7. The van der Waals surface area contributed by atoms with Crippen LogP contribution in [0.1, 0.15) is 39.0 Å². The minimum atomic E-state index is -0.215. The average Bonchev–Trinajstić information content (AvgIpc) is 3.35. The number of hydrogen-bond acceptors (Lipinski definition) is 4. The predicted octanol–water partition coefficient (Wildman–Crippen LogP) is 2.79. The number of carbonyl (C=O) groups is 2. The van der Waals surface area contributed by atoms with Crippen molar-refractivity contribution >= 4 is 23.2 Å². The third-order valence-corrected chi connectivity index (χ3v) is 6.28. The zero-order valence-electron chi connectivity index (χ0n) is 16.7. The Balaban J connectivity index is 1.22. The van der Waals surface area contributed by atoms with Crippen LogP contribution in [0.4, 0.5) is 11.4 Å². The summed E-state index contributed by atoms with van der Waals surface area (Å²) in [5.41, 5.74) is 2.01. The maximum atomic E-state index is 12.4. The van der Waals surface area contributed by atoms with E-state index in [1.54, 1.807) is 0 Å². The lowest BCUT2D eigenvalue weighted by Crippen LogP contribution is -2.33. The van der Waals surface area contributed by atoms with E-state index in [0.717, 1.165) is 44.1 Å². The van der Waals surface area contributed by atoms with Crippen LogP contribution in [0.2, 0.25) is 0 Å². The first kappa shape index (κ1) is 19.2. The fourth-order valence-electron chi connectivity index (χ4n) is 4.18. The van der Waals surface area contributed by atoms with Crippen LogP contribution in [0, 0.1) is 17.8 Å². The molecule has 2 amide bonds. The zero-order valence-corrected chi connectivity index (χ0v) is 16.7. The average molecular weight is 386 g/mol. The van der Waals surface area contributed by atoms with Crippen molar-refractivity contribution in [3.8, 4) is 0 Å². The summed E-state index contributed by atoms with van der Waals surface area (Å²) in [4.78, 5) is 27.1. The second-order valence-electron chi connectivity index (χ2n) is 8.53.